The summed E-state index contributed by atoms with van der Waals surface area (Å²) in [5.41, 5.74) is 0.708. The van der Waals surface area contributed by atoms with Crippen molar-refractivity contribution in [3.05, 3.63) is 48.2 Å². The Morgan fingerprint density at radius 2 is 2.15 bits per heavy atom. The summed E-state index contributed by atoms with van der Waals surface area (Å²) < 4.78 is 5.29. The lowest BCUT2D eigenvalue weighted by Crippen LogP contribution is -2.78. The third-order valence-electron chi connectivity index (χ3n) is 5.87. The first-order valence-electron chi connectivity index (χ1n) is 9.11. The fraction of sp³-hybridized carbons (Fsp3) is 0.526. The molecule has 1 aromatic carbocycles. The molecule has 2 aromatic rings. The van der Waals surface area contributed by atoms with Crippen LogP contribution in [-0.4, -0.2) is 55.2 Å². The highest BCUT2D eigenvalue weighted by Crippen LogP contribution is 2.48. The van der Waals surface area contributed by atoms with E-state index in [4.69, 9.17) is 4.42 Å². The monoisotopic (exact) mass is 356 g/mol. The summed E-state index contributed by atoms with van der Waals surface area (Å²) in [6.07, 6.45) is 2.28. The van der Waals surface area contributed by atoms with E-state index in [0.717, 1.165) is 25.9 Å². The number of aliphatic hydroxyl groups is 1. The van der Waals surface area contributed by atoms with Gasteiger partial charge < -0.3 is 14.4 Å². The molecule has 4 rings (SSSR count). The van der Waals surface area contributed by atoms with Gasteiger partial charge in [-0.05, 0) is 38.8 Å². The third-order valence-corrected chi connectivity index (χ3v) is 5.87. The van der Waals surface area contributed by atoms with Crippen LogP contribution in [0.15, 0.2) is 41.1 Å². The first-order chi connectivity index (χ1) is 12.6. The zero-order valence-corrected chi connectivity index (χ0v) is 15.1. The second-order valence-corrected chi connectivity index (χ2v) is 7.29. The molecule has 2 fully saturated rings. The van der Waals surface area contributed by atoms with Crippen LogP contribution in [0.4, 0.5) is 0 Å². The zero-order chi connectivity index (χ0) is 18.3. The summed E-state index contributed by atoms with van der Waals surface area (Å²) in [6, 6.07) is 9.59. The van der Waals surface area contributed by atoms with Crippen molar-refractivity contribution in [3.63, 3.8) is 0 Å². The van der Waals surface area contributed by atoms with Crippen LogP contribution in [0, 0.1) is 0 Å². The molecule has 1 spiro atoms. The fourth-order valence-electron chi connectivity index (χ4n) is 4.61. The van der Waals surface area contributed by atoms with Crippen LogP contribution in [0.3, 0.4) is 0 Å². The number of β-lactam (4-membered cyclic amide) rings is 1. The number of hydrogen-bond donors (Lipinski definition) is 1. The van der Waals surface area contributed by atoms with Gasteiger partial charge in [-0.3, -0.25) is 9.69 Å². The van der Waals surface area contributed by atoms with Gasteiger partial charge in [-0.1, -0.05) is 30.3 Å². The van der Waals surface area contributed by atoms with Crippen LogP contribution < -0.4 is 0 Å². The Morgan fingerprint density at radius 3 is 2.77 bits per heavy atom. The number of amides is 1. The molecule has 3 heterocycles. The molecule has 7 heteroatoms. The number of rotatable bonds is 5. The van der Waals surface area contributed by atoms with Crippen molar-refractivity contribution >= 4 is 5.91 Å². The first kappa shape index (κ1) is 17.2. The van der Waals surface area contributed by atoms with Crippen molar-refractivity contribution in [1.29, 1.82) is 0 Å². The maximum absolute atomic E-state index is 13.3. The normalized spacial score (nSPS) is 28.3. The van der Waals surface area contributed by atoms with Gasteiger partial charge in [0.25, 0.3) is 0 Å². The van der Waals surface area contributed by atoms with E-state index in [2.05, 4.69) is 34.2 Å². The number of aliphatic hydroxyl groups excluding tert-OH is 1. The number of hydrogen-bond acceptors (Lipinski definition) is 6. The van der Waals surface area contributed by atoms with Gasteiger partial charge in [-0.15, -0.1) is 10.2 Å². The second kappa shape index (κ2) is 6.48. The molecule has 2 saturated heterocycles. The molecule has 1 amide bonds. The Bertz CT molecular complexity index is 764. The summed E-state index contributed by atoms with van der Waals surface area (Å²) in [7, 11) is 0. The Balaban J connectivity index is 1.59. The van der Waals surface area contributed by atoms with Gasteiger partial charge in [0.1, 0.15) is 11.6 Å². The molecular weight excluding hydrogens is 332 g/mol. The van der Waals surface area contributed by atoms with Crippen molar-refractivity contribution in [2.75, 3.05) is 6.54 Å². The molecule has 0 aliphatic carbocycles. The van der Waals surface area contributed by atoms with Gasteiger partial charge in [0.2, 0.25) is 18.2 Å². The van der Waals surface area contributed by atoms with Gasteiger partial charge in [0, 0.05) is 6.54 Å². The van der Waals surface area contributed by atoms with Crippen LogP contribution in [-0.2, 0) is 11.3 Å². The molecular formula is C19H24N4O3. The van der Waals surface area contributed by atoms with E-state index in [1.807, 2.05) is 18.2 Å². The van der Waals surface area contributed by atoms with Gasteiger partial charge in [-0.25, -0.2) is 0 Å². The lowest BCUT2D eigenvalue weighted by atomic mass is 9.75. The van der Waals surface area contributed by atoms with E-state index in [9.17, 15) is 9.90 Å². The number of benzene rings is 1. The van der Waals surface area contributed by atoms with Crippen molar-refractivity contribution in [1.82, 2.24) is 20.0 Å². The maximum Gasteiger partial charge on any atom is 0.246 e. The predicted molar refractivity (Wildman–Crippen MR) is 93.8 cm³/mol. The fourth-order valence-corrected chi connectivity index (χ4v) is 4.61. The Labute approximate surface area is 152 Å². The van der Waals surface area contributed by atoms with E-state index in [0.29, 0.717) is 0 Å². The predicted octanol–water partition coefficient (Wildman–Crippen LogP) is 1.76. The van der Waals surface area contributed by atoms with Crippen molar-refractivity contribution < 1.29 is 14.3 Å². The van der Waals surface area contributed by atoms with E-state index in [1.54, 1.807) is 11.8 Å². The molecule has 0 radical (unpaired) electrons. The lowest BCUT2D eigenvalue weighted by Gasteiger charge is -2.59. The average molecular weight is 356 g/mol. The largest absolute Gasteiger partial charge is 0.426 e. The van der Waals surface area contributed by atoms with Crippen LogP contribution in [0.2, 0.25) is 0 Å². The zero-order valence-electron chi connectivity index (χ0n) is 15.1. The average Bonchev–Trinajstić information content (AvgIpc) is 3.30. The summed E-state index contributed by atoms with van der Waals surface area (Å²) >= 11 is 0. The smallest absolute Gasteiger partial charge is 0.246 e. The van der Waals surface area contributed by atoms with Crippen molar-refractivity contribution in [2.24, 2.45) is 0 Å². The highest BCUT2D eigenvalue weighted by Gasteiger charge is 2.65. The van der Waals surface area contributed by atoms with Gasteiger partial charge in [-0.2, -0.15) is 0 Å². The molecule has 0 saturated carbocycles. The quantitative estimate of drug-likeness (QED) is 0.822. The minimum Gasteiger partial charge on any atom is -0.426 e. The van der Waals surface area contributed by atoms with Crippen LogP contribution in [0.1, 0.15) is 44.2 Å². The number of carbonyl (C=O) groups excluding carboxylic acids is 1. The van der Waals surface area contributed by atoms with E-state index in [-0.39, 0.29) is 17.8 Å². The molecule has 4 atom stereocenters. The third kappa shape index (κ3) is 2.46. The summed E-state index contributed by atoms with van der Waals surface area (Å²) in [4.78, 5) is 17.3. The summed E-state index contributed by atoms with van der Waals surface area (Å²) in [5.74, 6) is 0.324. The molecule has 2 unspecified atom stereocenters. The number of aromatic nitrogens is 2. The maximum atomic E-state index is 13.3. The SMILES string of the molecule is CC1N([C@H](c2nnco2)[C@@H](C)O)C(=O)C12CCCN2Cc1ccccc1. The second-order valence-electron chi connectivity index (χ2n) is 7.29. The highest BCUT2D eigenvalue weighted by atomic mass is 16.4. The standard InChI is InChI=1S/C19H24N4O3/c1-13(24)16(17-21-20-12-26-17)23-14(2)19(18(23)25)9-6-10-22(19)11-15-7-4-3-5-8-15/h3-5,7-8,12-14,16,24H,6,9-11H2,1-2H3/t13-,14?,16+,19?/m1/s1. The van der Waals surface area contributed by atoms with E-state index in [1.165, 1.54) is 12.0 Å². The molecule has 138 valence electrons. The van der Waals surface area contributed by atoms with Crippen molar-refractivity contribution in [2.45, 2.75) is 57.0 Å². The first-order valence-corrected chi connectivity index (χ1v) is 9.11. The molecule has 1 N–H and O–H groups in total. The molecule has 26 heavy (non-hydrogen) atoms. The van der Waals surface area contributed by atoms with Crippen molar-refractivity contribution in [3.8, 4) is 0 Å². The molecule has 7 nitrogen and oxygen atoms in total. The summed E-state index contributed by atoms with van der Waals surface area (Å²) in [6.45, 7) is 5.36. The van der Waals surface area contributed by atoms with Gasteiger partial charge >= 0.3 is 0 Å². The van der Waals surface area contributed by atoms with E-state index < -0.39 is 17.7 Å². The van der Waals surface area contributed by atoms with Gasteiger partial charge in [0.15, 0.2) is 0 Å². The van der Waals surface area contributed by atoms with Crippen LogP contribution in [0.25, 0.3) is 0 Å². The molecule has 0 bridgehead atoms. The van der Waals surface area contributed by atoms with Gasteiger partial charge in [0.05, 0.1) is 12.1 Å². The minimum absolute atomic E-state index is 0.0345. The van der Waals surface area contributed by atoms with Crippen LogP contribution >= 0.6 is 0 Å². The highest BCUT2D eigenvalue weighted by molar-refractivity contribution is 5.94. The Morgan fingerprint density at radius 1 is 1.38 bits per heavy atom. The number of likely N-dealkylation sites (tertiary alicyclic amines) is 2. The number of carbonyl (C=O) groups is 1. The van der Waals surface area contributed by atoms with E-state index >= 15 is 0 Å². The molecule has 2 aliphatic rings. The molecule has 1 aromatic heterocycles. The summed E-state index contributed by atoms with van der Waals surface area (Å²) in [5, 5.41) is 17.9. The Kier molecular flexibility index (Phi) is 4.28. The number of nitrogens with zero attached hydrogens (tertiary/aromatic N) is 4. The lowest BCUT2D eigenvalue weighted by molar-refractivity contribution is -0.185. The minimum atomic E-state index is -0.789. The Hall–Kier alpha value is -2.25. The molecule has 2 aliphatic heterocycles. The topological polar surface area (TPSA) is 82.7 Å². The van der Waals surface area contributed by atoms with Crippen LogP contribution in [0.5, 0.6) is 0 Å².